The molecule has 0 radical (unpaired) electrons. The molecule has 1 amide bonds. The number of hydrogen-bond acceptors (Lipinski definition) is 7. The molecule has 38 heavy (non-hydrogen) atoms. The number of ketones is 1. The predicted octanol–water partition coefficient (Wildman–Crippen LogP) is 5.36. The Bertz CT molecular complexity index is 1550. The fourth-order valence-corrected chi connectivity index (χ4v) is 4.21. The Morgan fingerprint density at radius 2 is 1.84 bits per heavy atom. The smallest absolute Gasteiger partial charge is 0.255 e. The maximum absolute atomic E-state index is 13.0. The number of rotatable bonds is 9. The summed E-state index contributed by atoms with van der Waals surface area (Å²) < 4.78 is 6.13. The second kappa shape index (κ2) is 10.9. The van der Waals surface area contributed by atoms with E-state index >= 15 is 0 Å². The molecule has 2 aromatic carbocycles. The van der Waals surface area contributed by atoms with Crippen LogP contribution in [0.25, 0.3) is 33.6 Å². The topological polar surface area (TPSA) is 128 Å². The molecule has 4 rings (SSSR count). The number of pyridine rings is 1. The van der Waals surface area contributed by atoms with Crippen LogP contribution in [0.4, 0.5) is 5.82 Å². The molecule has 0 aliphatic carbocycles. The first kappa shape index (κ1) is 26.6. The number of carbonyl (C=O) groups is 2. The Balaban J connectivity index is 1.91. The number of carbonyl (C=O) groups excluding carboxylic acids is 2. The number of fused-ring (bicyclic) bond motifs is 1. The lowest BCUT2D eigenvalue weighted by Gasteiger charge is -2.15. The van der Waals surface area contributed by atoms with E-state index in [2.05, 4.69) is 21.7 Å². The molecule has 0 spiro atoms. The van der Waals surface area contributed by atoms with Gasteiger partial charge in [0.05, 0.1) is 29.0 Å². The third kappa shape index (κ3) is 5.43. The van der Waals surface area contributed by atoms with E-state index in [1.165, 1.54) is 0 Å². The van der Waals surface area contributed by atoms with E-state index in [4.69, 9.17) is 4.42 Å². The minimum atomic E-state index is -0.785. The normalized spacial score (nSPS) is 11.3. The molecule has 2 heterocycles. The Morgan fingerprint density at radius 1 is 1.11 bits per heavy atom. The number of nitrogens with one attached hydrogen (secondary N) is 2. The number of benzene rings is 2. The van der Waals surface area contributed by atoms with Crippen molar-refractivity contribution in [3.63, 3.8) is 0 Å². The summed E-state index contributed by atoms with van der Waals surface area (Å²) in [5, 5.41) is 25.1. The first-order chi connectivity index (χ1) is 18.2. The van der Waals surface area contributed by atoms with Crippen molar-refractivity contribution in [3.8, 4) is 28.5 Å². The van der Waals surface area contributed by atoms with Crippen LogP contribution in [0.15, 0.2) is 59.0 Å². The van der Waals surface area contributed by atoms with E-state index in [9.17, 15) is 20.0 Å². The Labute approximate surface area is 221 Å². The van der Waals surface area contributed by atoms with Gasteiger partial charge >= 0.3 is 0 Å². The summed E-state index contributed by atoms with van der Waals surface area (Å²) in [7, 11) is 1.56. The lowest BCUT2D eigenvalue weighted by atomic mass is 9.86. The molecular weight excluding hydrogens is 480 g/mol. The number of nitrogens with zero attached hydrogens (tertiary/aromatic N) is 2. The highest BCUT2D eigenvalue weighted by Gasteiger charge is 2.25. The second-order valence-electron chi connectivity index (χ2n) is 9.82. The molecule has 0 saturated carbocycles. The Hall–Kier alpha value is -4.48. The van der Waals surface area contributed by atoms with Gasteiger partial charge in [0, 0.05) is 36.7 Å². The number of hydrogen-bond donors (Lipinski definition) is 3. The largest absolute Gasteiger partial charge is 0.437 e. The quantitative estimate of drug-likeness (QED) is 0.259. The third-order valence-corrected chi connectivity index (χ3v) is 6.26. The zero-order valence-corrected chi connectivity index (χ0v) is 21.9. The third-order valence-electron chi connectivity index (χ3n) is 6.26. The number of aliphatic hydroxyl groups excluding tert-OH is 1. The first-order valence-corrected chi connectivity index (χ1v) is 12.3. The molecule has 8 nitrogen and oxygen atoms in total. The monoisotopic (exact) mass is 510 g/mol. The van der Waals surface area contributed by atoms with Gasteiger partial charge in [-0.3, -0.25) is 9.59 Å². The first-order valence-electron chi connectivity index (χ1n) is 12.3. The van der Waals surface area contributed by atoms with Crippen LogP contribution in [-0.2, 0) is 0 Å². The minimum absolute atomic E-state index is 0.0856. The average molecular weight is 511 g/mol. The highest BCUT2D eigenvalue weighted by atomic mass is 16.3. The van der Waals surface area contributed by atoms with Gasteiger partial charge in [0.15, 0.2) is 5.78 Å². The zero-order chi connectivity index (χ0) is 27.4. The summed E-state index contributed by atoms with van der Waals surface area (Å²) in [6.45, 7) is 5.57. The predicted molar refractivity (Wildman–Crippen MR) is 147 cm³/mol. The summed E-state index contributed by atoms with van der Waals surface area (Å²) in [5.74, 6) is 0.389. The number of aryl methyl sites for hydroxylation is 1. The van der Waals surface area contributed by atoms with E-state index < -0.39 is 5.41 Å². The summed E-state index contributed by atoms with van der Waals surface area (Å²) in [6, 6.07) is 18.7. The number of Topliss-reactive ketones (excluding diaryl/α,β-unsaturated/α-hetero) is 1. The summed E-state index contributed by atoms with van der Waals surface area (Å²) >= 11 is 0. The van der Waals surface area contributed by atoms with Crippen LogP contribution in [0.3, 0.4) is 0 Å². The van der Waals surface area contributed by atoms with Gasteiger partial charge in [-0.15, -0.1) is 0 Å². The van der Waals surface area contributed by atoms with Crippen molar-refractivity contribution in [3.05, 3.63) is 71.3 Å². The maximum Gasteiger partial charge on any atom is 0.255 e. The Kier molecular flexibility index (Phi) is 7.60. The molecular formula is C30H30N4O4. The van der Waals surface area contributed by atoms with E-state index in [1.807, 2.05) is 43.3 Å². The lowest BCUT2D eigenvalue weighted by Crippen LogP contribution is -2.18. The van der Waals surface area contributed by atoms with E-state index in [0.717, 1.165) is 11.1 Å². The molecule has 3 N–H and O–H groups in total. The van der Waals surface area contributed by atoms with Crippen LogP contribution in [0.2, 0.25) is 0 Å². The van der Waals surface area contributed by atoms with Gasteiger partial charge in [-0.1, -0.05) is 48.0 Å². The van der Waals surface area contributed by atoms with E-state index in [0.29, 0.717) is 39.2 Å². The number of aliphatic hydroxyl groups is 1. The van der Waals surface area contributed by atoms with Crippen molar-refractivity contribution in [1.82, 2.24) is 10.3 Å². The van der Waals surface area contributed by atoms with Crippen molar-refractivity contribution in [1.29, 1.82) is 5.26 Å². The number of anilines is 1. The Morgan fingerprint density at radius 3 is 2.50 bits per heavy atom. The molecule has 8 heteroatoms. The van der Waals surface area contributed by atoms with Gasteiger partial charge in [-0.25, -0.2) is 0 Å². The summed E-state index contributed by atoms with van der Waals surface area (Å²) in [4.78, 5) is 30.7. The standard InChI is InChI=1S/C30H30N4O4/c1-18-8-10-19(11-9-18)26-25(28(37)32-4)23-15-22(27(33-12-13-35)34-29(23)38-26)20-6-5-7-21(14-20)24(36)16-30(2,3)17-31/h5-11,14-15,35H,12-13,16H2,1-4H3,(H,32,37)(H,33,34). The average Bonchev–Trinajstić information content (AvgIpc) is 3.29. The van der Waals surface area contributed by atoms with Crippen LogP contribution in [0.1, 0.15) is 46.5 Å². The summed E-state index contributed by atoms with van der Waals surface area (Å²) in [5.41, 5.74) is 3.47. The highest BCUT2D eigenvalue weighted by molar-refractivity contribution is 6.11. The lowest BCUT2D eigenvalue weighted by molar-refractivity contribution is 0.0948. The van der Waals surface area contributed by atoms with E-state index in [-0.39, 0.29) is 37.0 Å². The van der Waals surface area contributed by atoms with Gasteiger partial charge in [0.2, 0.25) is 5.71 Å². The molecule has 0 fully saturated rings. The van der Waals surface area contributed by atoms with Crippen LogP contribution < -0.4 is 10.6 Å². The molecule has 0 unspecified atom stereocenters. The van der Waals surface area contributed by atoms with Crippen molar-refractivity contribution in [2.45, 2.75) is 27.2 Å². The van der Waals surface area contributed by atoms with Crippen LogP contribution >= 0.6 is 0 Å². The fourth-order valence-electron chi connectivity index (χ4n) is 4.21. The molecule has 194 valence electrons. The van der Waals surface area contributed by atoms with Gasteiger partial charge in [0.1, 0.15) is 11.6 Å². The fraction of sp³-hybridized carbons (Fsp3) is 0.267. The molecule has 0 saturated heterocycles. The van der Waals surface area contributed by atoms with Crippen molar-refractivity contribution >= 4 is 28.6 Å². The van der Waals surface area contributed by atoms with Crippen molar-refractivity contribution < 1.29 is 19.1 Å². The minimum Gasteiger partial charge on any atom is -0.437 e. The molecule has 0 bridgehead atoms. The number of nitriles is 1. The number of aromatic nitrogens is 1. The van der Waals surface area contributed by atoms with Gasteiger partial charge in [-0.05, 0) is 38.5 Å². The SMILES string of the molecule is CNC(=O)c1c(-c2ccc(C)cc2)oc2nc(NCCO)c(-c3cccc(C(=O)CC(C)(C)C#N)c3)cc12. The molecule has 4 aromatic rings. The molecule has 2 aromatic heterocycles. The summed E-state index contributed by atoms with van der Waals surface area (Å²) in [6.07, 6.45) is 0.0856. The van der Waals surface area contributed by atoms with Crippen molar-refractivity contribution in [2.75, 3.05) is 25.5 Å². The van der Waals surface area contributed by atoms with Gasteiger partial charge < -0.3 is 20.2 Å². The van der Waals surface area contributed by atoms with Gasteiger partial charge in [-0.2, -0.15) is 10.2 Å². The van der Waals surface area contributed by atoms with E-state index in [1.54, 1.807) is 39.1 Å². The highest BCUT2D eigenvalue weighted by Crippen LogP contribution is 2.38. The van der Waals surface area contributed by atoms with Crippen LogP contribution in [0.5, 0.6) is 0 Å². The molecule has 0 aliphatic rings. The zero-order valence-electron chi connectivity index (χ0n) is 21.9. The maximum atomic E-state index is 13.0. The second-order valence-corrected chi connectivity index (χ2v) is 9.82. The van der Waals surface area contributed by atoms with Crippen LogP contribution in [-0.4, -0.2) is 42.0 Å². The molecule has 0 aliphatic heterocycles. The number of furan rings is 1. The number of amides is 1. The van der Waals surface area contributed by atoms with Gasteiger partial charge in [0.25, 0.3) is 5.91 Å². The molecule has 0 atom stereocenters. The van der Waals surface area contributed by atoms with Crippen molar-refractivity contribution in [2.24, 2.45) is 5.41 Å². The van der Waals surface area contributed by atoms with Crippen LogP contribution in [0, 0.1) is 23.7 Å².